The molecule has 0 aromatic rings. The molecule has 2 fully saturated rings. The molecule has 2 rings (SSSR count). The van der Waals surface area contributed by atoms with E-state index in [0.717, 1.165) is 12.8 Å². The molecule has 0 spiro atoms. The van der Waals surface area contributed by atoms with Crippen molar-refractivity contribution in [1.82, 2.24) is 4.90 Å². The summed E-state index contributed by atoms with van der Waals surface area (Å²) in [5, 5.41) is 8.87. The van der Waals surface area contributed by atoms with Gasteiger partial charge in [-0.3, -0.25) is 9.59 Å². The third kappa shape index (κ3) is 3.78. The minimum atomic E-state index is -0.936. The number of rotatable bonds is 3. The van der Waals surface area contributed by atoms with Crippen molar-refractivity contribution < 1.29 is 24.2 Å². The van der Waals surface area contributed by atoms with E-state index in [0.29, 0.717) is 19.4 Å². The van der Waals surface area contributed by atoms with Gasteiger partial charge in [-0.2, -0.15) is 0 Å². The zero-order valence-electron chi connectivity index (χ0n) is 13.5. The van der Waals surface area contributed by atoms with E-state index in [1.807, 2.05) is 20.8 Å². The molecule has 1 aliphatic heterocycles. The highest BCUT2D eigenvalue weighted by Gasteiger charge is 2.45. The normalized spacial score (nSPS) is 29.0. The van der Waals surface area contributed by atoms with Crippen molar-refractivity contribution in [3.05, 3.63) is 0 Å². The molecule has 2 unspecified atom stereocenters. The number of likely N-dealkylation sites (tertiary alicyclic amines) is 1. The predicted molar refractivity (Wildman–Crippen MR) is 79.4 cm³/mol. The van der Waals surface area contributed by atoms with Gasteiger partial charge in [0.15, 0.2) is 0 Å². The molecule has 1 aliphatic carbocycles. The number of carbonyl (C=O) groups excluding carboxylic acids is 2. The highest BCUT2D eigenvalue weighted by atomic mass is 16.6. The molecule has 3 atom stereocenters. The molecule has 1 N–H and O–H groups in total. The second-order valence-electron chi connectivity index (χ2n) is 7.26. The van der Waals surface area contributed by atoms with Crippen LogP contribution >= 0.6 is 0 Å². The Hall–Kier alpha value is -1.59. The lowest BCUT2D eigenvalue weighted by Gasteiger charge is -2.31. The summed E-state index contributed by atoms with van der Waals surface area (Å²) in [6, 6.07) is -0.138. The standard InChI is InChI=1S/C16H25NO5/c1-16(2,3)22-15(21)17-8-4-5-12(17)11-7-6-10(14(11)20)9-13(18)19/h10-12H,4-9H2,1-3H3,(H,18,19)/t10?,11?,12-/m0/s1. The van der Waals surface area contributed by atoms with Gasteiger partial charge in [0.2, 0.25) is 0 Å². The third-order valence-corrected chi connectivity index (χ3v) is 4.41. The van der Waals surface area contributed by atoms with E-state index in [-0.39, 0.29) is 30.3 Å². The predicted octanol–water partition coefficient (Wildman–Crippen LogP) is 2.46. The zero-order chi connectivity index (χ0) is 16.5. The highest BCUT2D eigenvalue weighted by molar-refractivity contribution is 5.89. The number of nitrogens with zero attached hydrogens (tertiary/aromatic N) is 1. The van der Waals surface area contributed by atoms with Crippen LogP contribution in [0.4, 0.5) is 4.79 Å². The van der Waals surface area contributed by atoms with Gasteiger partial charge in [-0.05, 0) is 46.5 Å². The summed E-state index contributed by atoms with van der Waals surface area (Å²) >= 11 is 0. The quantitative estimate of drug-likeness (QED) is 0.865. The number of amides is 1. The maximum absolute atomic E-state index is 12.4. The molecule has 0 bridgehead atoms. The molecule has 1 amide bonds. The van der Waals surface area contributed by atoms with Crippen molar-refractivity contribution in [1.29, 1.82) is 0 Å². The first kappa shape index (κ1) is 16.8. The average Bonchev–Trinajstić information content (AvgIpc) is 2.95. The summed E-state index contributed by atoms with van der Waals surface area (Å²) in [7, 11) is 0. The first-order chi connectivity index (χ1) is 10.2. The summed E-state index contributed by atoms with van der Waals surface area (Å²) in [6.07, 6.45) is 2.45. The summed E-state index contributed by atoms with van der Waals surface area (Å²) in [5.41, 5.74) is -0.560. The number of Topliss-reactive ketones (excluding diaryl/α,β-unsaturated/α-hetero) is 1. The average molecular weight is 311 g/mol. The monoisotopic (exact) mass is 311 g/mol. The third-order valence-electron chi connectivity index (χ3n) is 4.41. The van der Waals surface area contributed by atoms with Crippen molar-refractivity contribution in [2.24, 2.45) is 11.8 Å². The van der Waals surface area contributed by atoms with E-state index in [9.17, 15) is 14.4 Å². The van der Waals surface area contributed by atoms with Gasteiger partial charge in [-0.25, -0.2) is 4.79 Å². The van der Waals surface area contributed by atoms with Crippen LogP contribution in [0, 0.1) is 11.8 Å². The van der Waals surface area contributed by atoms with Crippen LogP contribution in [0.25, 0.3) is 0 Å². The van der Waals surface area contributed by atoms with Crippen molar-refractivity contribution in [3.63, 3.8) is 0 Å². The van der Waals surface area contributed by atoms with Crippen LogP contribution in [-0.2, 0) is 14.3 Å². The van der Waals surface area contributed by atoms with Crippen molar-refractivity contribution >= 4 is 17.8 Å². The molecule has 2 aliphatic rings. The fraction of sp³-hybridized carbons (Fsp3) is 0.812. The SMILES string of the molecule is CC(C)(C)OC(=O)N1CCC[C@H]1C1CCC(CC(=O)O)C1=O. The van der Waals surface area contributed by atoms with Crippen molar-refractivity contribution in [2.45, 2.75) is 64.5 Å². The molecule has 22 heavy (non-hydrogen) atoms. The largest absolute Gasteiger partial charge is 0.481 e. The van der Waals surface area contributed by atoms with Gasteiger partial charge >= 0.3 is 12.1 Å². The zero-order valence-corrected chi connectivity index (χ0v) is 13.5. The number of hydrogen-bond acceptors (Lipinski definition) is 4. The number of ether oxygens (including phenoxy) is 1. The van der Waals surface area contributed by atoms with E-state index in [1.165, 1.54) is 0 Å². The van der Waals surface area contributed by atoms with Gasteiger partial charge < -0.3 is 14.7 Å². The first-order valence-electron chi connectivity index (χ1n) is 7.94. The van der Waals surface area contributed by atoms with Gasteiger partial charge in [0, 0.05) is 24.4 Å². The lowest BCUT2D eigenvalue weighted by atomic mass is 9.92. The second kappa shape index (κ2) is 6.26. The molecule has 0 aromatic carbocycles. The molecule has 1 heterocycles. The molecule has 124 valence electrons. The summed E-state index contributed by atoms with van der Waals surface area (Å²) in [5.74, 6) is -1.57. The Morgan fingerprint density at radius 1 is 1.27 bits per heavy atom. The first-order valence-corrected chi connectivity index (χ1v) is 7.94. The number of hydrogen-bond donors (Lipinski definition) is 1. The number of carboxylic acid groups (broad SMARTS) is 1. The number of carboxylic acids is 1. The number of ketones is 1. The summed E-state index contributed by atoms with van der Waals surface area (Å²) in [4.78, 5) is 37.2. The van der Waals surface area contributed by atoms with Crippen LogP contribution < -0.4 is 0 Å². The van der Waals surface area contributed by atoms with Crippen LogP contribution in [0.3, 0.4) is 0 Å². The van der Waals surface area contributed by atoms with Crippen LogP contribution in [-0.4, -0.2) is 46.0 Å². The Morgan fingerprint density at radius 2 is 1.95 bits per heavy atom. The summed E-state index contributed by atoms with van der Waals surface area (Å²) < 4.78 is 5.42. The Labute approximate surface area is 130 Å². The van der Waals surface area contributed by atoms with Gasteiger partial charge in [-0.15, -0.1) is 0 Å². The van der Waals surface area contributed by atoms with E-state index in [4.69, 9.17) is 9.84 Å². The number of carbonyl (C=O) groups is 3. The molecule has 0 radical (unpaired) electrons. The Balaban J connectivity index is 2.03. The fourth-order valence-electron chi connectivity index (χ4n) is 3.52. The molecule has 0 aromatic heterocycles. The van der Waals surface area contributed by atoms with Gasteiger partial charge in [0.05, 0.1) is 6.42 Å². The highest BCUT2D eigenvalue weighted by Crippen LogP contribution is 2.37. The fourth-order valence-corrected chi connectivity index (χ4v) is 3.52. The molecular formula is C16H25NO5. The van der Waals surface area contributed by atoms with Crippen LogP contribution in [0.5, 0.6) is 0 Å². The second-order valence-corrected chi connectivity index (χ2v) is 7.26. The summed E-state index contributed by atoms with van der Waals surface area (Å²) in [6.45, 7) is 6.06. The van der Waals surface area contributed by atoms with Crippen molar-refractivity contribution in [3.8, 4) is 0 Å². The van der Waals surface area contributed by atoms with Crippen LogP contribution in [0.15, 0.2) is 0 Å². The van der Waals surface area contributed by atoms with Gasteiger partial charge in [0.25, 0.3) is 0 Å². The van der Waals surface area contributed by atoms with E-state index >= 15 is 0 Å². The Kier molecular flexibility index (Phi) is 4.78. The molecule has 6 heteroatoms. The van der Waals surface area contributed by atoms with Gasteiger partial charge in [0.1, 0.15) is 11.4 Å². The van der Waals surface area contributed by atoms with Crippen LogP contribution in [0.2, 0.25) is 0 Å². The maximum Gasteiger partial charge on any atom is 0.410 e. The molecule has 1 saturated carbocycles. The minimum Gasteiger partial charge on any atom is -0.481 e. The molecule has 1 saturated heterocycles. The van der Waals surface area contributed by atoms with Crippen molar-refractivity contribution in [2.75, 3.05) is 6.54 Å². The van der Waals surface area contributed by atoms with E-state index in [2.05, 4.69) is 0 Å². The van der Waals surface area contributed by atoms with Gasteiger partial charge in [-0.1, -0.05) is 0 Å². The number of aliphatic carboxylic acids is 1. The molecular weight excluding hydrogens is 286 g/mol. The van der Waals surface area contributed by atoms with Crippen LogP contribution in [0.1, 0.15) is 52.9 Å². The maximum atomic E-state index is 12.4. The lowest BCUT2D eigenvalue weighted by molar-refractivity contribution is -0.140. The smallest absolute Gasteiger partial charge is 0.410 e. The minimum absolute atomic E-state index is 0.00265. The molecule has 6 nitrogen and oxygen atoms in total. The van der Waals surface area contributed by atoms with E-state index in [1.54, 1.807) is 4.90 Å². The van der Waals surface area contributed by atoms with E-state index < -0.39 is 17.5 Å². The Bertz CT molecular complexity index is 468. The Morgan fingerprint density at radius 3 is 2.55 bits per heavy atom. The topological polar surface area (TPSA) is 83.9 Å². The lowest BCUT2D eigenvalue weighted by Crippen LogP contribution is -2.44.